The predicted molar refractivity (Wildman–Crippen MR) is 200 cm³/mol. The number of rotatable bonds is 8. The van der Waals surface area contributed by atoms with Gasteiger partial charge in [-0.1, -0.05) is 57.4 Å². The number of carbonyl (C=O) groups is 2. The summed E-state index contributed by atoms with van der Waals surface area (Å²) in [5.41, 5.74) is 6.35. The molecule has 11 heteroatoms. The van der Waals surface area contributed by atoms with Gasteiger partial charge in [-0.15, -0.1) is 0 Å². The number of nitrogens with one attached hydrogen (secondary N) is 1. The van der Waals surface area contributed by atoms with E-state index in [1.165, 1.54) is 51.4 Å². The van der Waals surface area contributed by atoms with Gasteiger partial charge in [0.25, 0.3) is 0 Å². The number of aryl methyl sites for hydroxylation is 1. The summed E-state index contributed by atoms with van der Waals surface area (Å²) in [5, 5.41) is 26.2. The Morgan fingerprint density at radius 2 is 1.63 bits per heavy atom. The summed E-state index contributed by atoms with van der Waals surface area (Å²) in [6, 6.07) is 3.34. The Kier molecular flexibility index (Phi) is 12.3. The van der Waals surface area contributed by atoms with Gasteiger partial charge >= 0.3 is 5.97 Å². The zero-order valence-corrected chi connectivity index (χ0v) is 37.3. The van der Waals surface area contributed by atoms with E-state index in [1.807, 2.05) is 13.8 Å². The first-order chi connectivity index (χ1) is 25.7. The molecule has 3 fully saturated rings. The molecule has 4 heterocycles. The first-order valence-corrected chi connectivity index (χ1v) is 20.3. The molecule has 0 spiro atoms. The molecular weight excluding hydrogens is 895 g/mol. The van der Waals surface area contributed by atoms with E-state index in [1.54, 1.807) is 0 Å². The minimum Gasteiger partial charge on any atom is -0.507 e. The Labute approximate surface area is 356 Å². The van der Waals surface area contributed by atoms with Crippen molar-refractivity contribution < 1.29 is 73.0 Å². The fourth-order valence-corrected chi connectivity index (χ4v) is 10.9. The molecule has 287 valence electrons. The normalized spacial score (nSPS) is 26.5. The minimum absolute atomic E-state index is 0. The Morgan fingerprint density at radius 1 is 0.944 bits per heavy atom. The van der Waals surface area contributed by atoms with Crippen LogP contribution in [0.1, 0.15) is 134 Å². The van der Waals surface area contributed by atoms with Crippen LogP contribution in [-0.2, 0) is 22.4 Å². The SMILES string of the molecule is Cc1cc2c(c(OC(=O)CCC3CCCCC3)c1C)[C@@H]1C3Cc4c(O)c(C)c5c(c4[C@H](CNC(=O)CC4CCCCC4)N3[C@@H](C#N)[C@H](C2)N1C)OCO5.[Ac]. The molecule has 2 saturated carbocycles. The average molecular weight is 952 g/mol. The third-order valence-corrected chi connectivity index (χ3v) is 13.8. The van der Waals surface area contributed by atoms with E-state index >= 15 is 0 Å². The van der Waals surface area contributed by atoms with Gasteiger partial charge in [-0.2, -0.15) is 5.26 Å². The number of ether oxygens (including phenoxy) is 3. The molecule has 1 unspecified atom stereocenters. The van der Waals surface area contributed by atoms with Crippen LogP contribution in [0.2, 0.25) is 0 Å². The summed E-state index contributed by atoms with van der Waals surface area (Å²) in [7, 11) is 2.09. The number of hydrogen-bond acceptors (Lipinski definition) is 9. The van der Waals surface area contributed by atoms with Gasteiger partial charge in [-0.25, -0.2) is 0 Å². The maximum Gasteiger partial charge on any atom is 0.311 e. The second-order valence-corrected chi connectivity index (χ2v) is 16.9. The maximum atomic E-state index is 13.7. The van der Waals surface area contributed by atoms with Crippen LogP contribution in [-0.4, -0.2) is 65.3 Å². The molecule has 1 radical (unpaired) electrons. The van der Waals surface area contributed by atoms with Crippen LogP contribution >= 0.6 is 0 Å². The molecule has 10 nitrogen and oxygen atoms in total. The van der Waals surface area contributed by atoms with E-state index in [-0.39, 0.29) is 93.2 Å². The third kappa shape index (κ3) is 7.21. The number of phenolic OH excluding ortho intramolecular Hbond substituents is 1. The Balaban J connectivity index is 0.00000450. The van der Waals surface area contributed by atoms with Gasteiger partial charge in [-0.3, -0.25) is 19.4 Å². The van der Waals surface area contributed by atoms with Crippen LogP contribution in [0.15, 0.2) is 6.07 Å². The molecule has 1 amide bonds. The molecule has 0 aromatic heterocycles. The fourth-order valence-electron chi connectivity index (χ4n) is 10.9. The number of likely N-dealkylation sites (N-methyl/N-ethyl adjacent to an activating group) is 1. The zero-order valence-electron chi connectivity index (χ0n) is 32.5. The van der Waals surface area contributed by atoms with E-state index in [4.69, 9.17) is 14.2 Å². The number of carbonyl (C=O) groups excluding carboxylic acids is 2. The minimum atomic E-state index is -0.507. The van der Waals surface area contributed by atoms with Gasteiger partial charge in [0.15, 0.2) is 11.5 Å². The number of nitriles is 1. The van der Waals surface area contributed by atoms with Crippen molar-refractivity contribution in [2.24, 2.45) is 11.8 Å². The zero-order chi connectivity index (χ0) is 37.0. The van der Waals surface area contributed by atoms with Gasteiger partial charge in [0.05, 0.1) is 18.2 Å². The van der Waals surface area contributed by atoms with Crippen molar-refractivity contribution in [3.63, 3.8) is 0 Å². The number of hydrogen-bond donors (Lipinski definition) is 2. The largest absolute Gasteiger partial charge is 0.507 e. The number of esters is 1. The van der Waals surface area contributed by atoms with E-state index in [9.17, 15) is 20.0 Å². The number of aromatic hydroxyl groups is 1. The average Bonchev–Trinajstić information content (AvgIpc) is 3.65. The molecular formula is C43H56AcN4O6. The van der Waals surface area contributed by atoms with Crippen LogP contribution < -0.4 is 19.5 Å². The summed E-state index contributed by atoms with van der Waals surface area (Å²) in [4.78, 5) is 31.8. The third-order valence-electron chi connectivity index (χ3n) is 13.8. The van der Waals surface area contributed by atoms with Gasteiger partial charge < -0.3 is 24.6 Å². The van der Waals surface area contributed by atoms with Crippen LogP contribution in [0.4, 0.5) is 0 Å². The van der Waals surface area contributed by atoms with Gasteiger partial charge in [0.2, 0.25) is 12.7 Å². The molecule has 54 heavy (non-hydrogen) atoms. The summed E-state index contributed by atoms with van der Waals surface area (Å²) >= 11 is 0. The predicted octanol–water partition coefficient (Wildman–Crippen LogP) is 7.17. The number of phenols is 1. The first kappa shape index (κ1) is 39.9. The van der Waals surface area contributed by atoms with Gasteiger partial charge in [0.1, 0.15) is 17.5 Å². The molecule has 6 aliphatic rings. The molecule has 8 rings (SSSR count). The molecule has 2 aliphatic carbocycles. The second kappa shape index (κ2) is 16.6. The van der Waals surface area contributed by atoms with E-state index in [0.29, 0.717) is 60.3 Å². The molecule has 2 bridgehead atoms. The quantitative estimate of drug-likeness (QED) is 0.210. The summed E-state index contributed by atoms with van der Waals surface area (Å²) in [6.07, 6.45) is 14.7. The molecule has 2 N–H and O–H groups in total. The van der Waals surface area contributed by atoms with Crippen LogP contribution in [0, 0.1) is 88.0 Å². The van der Waals surface area contributed by atoms with Crippen molar-refractivity contribution in [3.8, 4) is 29.1 Å². The molecule has 5 atom stereocenters. The number of nitrogens with zero attached hydrogens (tertiary/aromatic N) is 3. The summed E-state index contributed by atoms with van der Waals surface area (Å²) in [5.74, 6) is 2.75. The second-order valence-electron chi connectivity index (χ2n) is 16.9. The van der Waals surface area contributed by atoms with Crippen molar-refractivity contribution in [1.82, 2.24) is 15.1 Å². The fraction of sp³-hybridized carbons (Fsp3) is 0.651. The maximum absolute atomic E-state index is 13.7. The van der Waals surface area contributed by atoms with Gasteiger partial charge in [0, 0.05) is 97.8 Å². The van der Waals surface area contributed by atoms with Crippen molar-refractivity contribution in [1.29, 1.82) is 5.26 Å². The molecule has 1 saturated heterocycles. The van der Waals surface area contributed by atoms with Crippen LogP contribution in [0.3, 0.4) is 0 Å². The monoisotopic (exact) mass is 951 g/mol. The number of fused-ring (bicyclic) bond motifs is 9. The van der Waals surface area contributed by atoms with E-state index in [2.05, 4.69) is 41.2 Å². The summed E-state index contributed by atoms with van der Waals surface area (Å²) < 4.78 is 18.5. The summed E-state index contributed by atoms with van der Waals surface area (Å²) in [6.45, 7) is 6.29. The van der Waals surface area contributed by atoms with E-state index < -0.39 is 12.1 Å². The topological polar surface area (TPSA) is 124 Å². The number of amides is 1. The number of benzene rings is 2. The van der Waals surface area contributed by atoms with Crippen molar-refractivity contribution in [3.05, 3.63) is 45.0 Å². The van der Waals surface area contributed by atoms with Crippen molar-refractivity contribution in [2.75, 3.05) is 20.4 Å². The Bertz CT molecular complexity index is 1810. The van der Waals surface area contributed by atoms with Crippen LogP contribution in [0.25, 0.3) is 0 Å². The molecule has 2 aromatic rings. The smallest absolute Gasteiger partial charge is 0.311 e. The Morgan fingerprint density at radius 3 is 2.33 bits per heavy atom. The van der Waals surface area contributed by atoms with Gasteiger partial charge in [-0.05, 0) is 88.4 Å². The first-order valence-electron chi connectivity index (χ1n) is 20.3. The molecule has 2 aromatic carbocycles. The van der Waals surface area contributed by atoms with Crippen molar-refractivity contribution in [2.45, 2.75) is 147 Å². The molecule has 4 aliphatic heterocycles. The standard InChI is InChI=1S/C43H56N4O6.Ac/c1-24-17-29-19-31-33(21-44)47-32(39(46(31)4)37(29)41(25(24)2)53-36(49)16-15-27-11-7-5-8-12-27)20-30-38(43-42(51-23-52-43)26(3)40(30)50)34(47)22-45-35(48)18-28-13-9-6-10-14-28;/h17,27-28,31-34,39,50H,5-16,18-20,22-23H2,1-4H3,(H,45,48);/t31-,32?,33-,34-,39-;/m0./s1. The van der Waals surface area contributed by atoms with E-state index in [0.717, 1.165) is 52.6 Å². The van der Waals surface area contributed by atoms with Crippen LogP contribution in [0.5, 0.6) is 23.0 Å². The number of piperazine rings is 1. The Hall–Kier alpha value is -2.37. The van der Waals surface area contributed by atoms with Crippen molar-refractivity contribution >= 4 is 11.9 Å².